The van der Waals surface area contributed by atoms with Crippen LogP contribution in [0.15, 0.2) is 0 Å². The van der Waals surface area contributed by atoms with E-state index in [9.17, 15) is 13.2 Å². The molecular weight excluding hydrogens is 182 g/mol. The number of nitrogens with zero attached hydrogens (tertiary/aromatic N) is 1. The molecule has 0 aromatic rings. The molecule has 1 N–H and O–H groups in total. The fourth-order valence-corrected chi connectivity index (χ4v) is 2.12. The molecule has 1 heterocycles. The van der Waals surface area contributed by atoms with Gasteiger partial charge in [0, 0.05) is 13.1 Å². The SMILES string of the molecule is CS(=O)(=O)N1CCC(C(=O)O)C1. The largest absolute Gasteiger partial charge is 0.481 e. The number of carbonyl (C=O) groups is 1. The van der Waals surface area contributed by atoms with E-state index in [1.807, 2.05) is 0 Å². The number of hydrogen-bond donors (Lipinski definition) is 1. The Labute approximate surface area is 71.0 Å². The maximum Gasteiger partial charge on any atom is 0.307 e. The van der Waals surface area contributed by atoms with Crippen molar-refractivity contribution < 1.29 is 18.3 Å². The first-order chi connectivity index (χ1) is 5.41. The van der Waals surface area contributed by atoms with Crippen molar-refractivity contribution >= 4 is 16.0 Å². The summed E-state index contributed by atoms with van der Waals surface area (Å²) in [7, 11) is -3.20. The average Bonchev–Trinajstić information content (AvgIpc) is 2.30. The van der Waals surface area contributed by atoms with Crippen LogP contribution in [0.5, 0.6) is 0 Å². The Kier molecular flexibility index (Phi) is 2.39. The van der Waals surface area contributed by atoms with E-state index in [0.717, 1.165) is 6.26 Å². The molecule has 0 radical (unpaired) electrons. The number of sulfonamides is 1. The zero-order valence-corrected chi connectivity index (χ0v) is 7.54. The van der Waals surface area contributed by atoms with Crippen molar-refractivity contribution in [2.75, 3.05) is 19.3 Å². The molecule has 5 nitrogen and oxygen atoms in total. The normalized spacial score (nSPS) is 25.9. The van der Waals surface area contributed by atoms with Gasteiger partial charge in [0.25, 0.3) is 0 Å². The minimum Gasteiger partial charge on any atom is -0.481 e. The molecule has 1 aliphatic heterocycles. The van der Waals surface area contributed by atoms with E-state index in [4.69, 9.17) is 5.11 Å². The third-order valence-electron chi connectivity index (χ3n) is 1.97. The number of hydrogen-bond acceptors (Lipinski definition) is 3. The molecule has 1 rings (SSSR count). The molecule has 0 aromatic heterocycles. The Hall–Kier alpha value is -0.620. The van der Waals surface area contributed by atoms with Gasteiger partial charge in [0.15, 0.2) is 0 Å². The van der Waals surface area contributed by atoms with Crippen LogP contribution in [-0.2, 0) is 14.8 Å². The number of carboxylic acids is 1. The minimum atomic E-state index is -3.20. The van der Waals surface area contributed by atoms with Crippen molar-refractivity contribution in [2.45, 2.75) is 6.42 Å². The highest BCUT2D eigenvalue weighted by Crippen LogP contribution is 2.18. The lowest BCUT2D eigenvalue weighted by Crippen LogP contribution is -2.28. The van der Waals surface area contributed by atoms with Crippen LogP contribution in [0, 0.1) is 5.92 Å². The molecule has 0 bridgehead atoms. The van der Waals surface area contributed by atoms with Crippen LogP contribution in [0.4, 0.5) is 0 Å². The summed E-state index contributed by atoms with van der Waals surface area (Å²) in [5.41, 5.74) is 0. The maximum absolute atomic E-state index is 10.9. The highest BCUT2D eigenvalue weighted by Gasteiger charge is 2.32. The summed E-state index contributed by atoms with van der Waals surface area (Å²) in [5.74, 6) is -1.44. The van der Waals surface area contributed by atoms with Crippen LogP contribution in [0.2, 0.25) is 0 Å². The third-order valence-corrected chi connectivity index (χ3v) is 3.24. The van der Waals surface area contributed by atoms with Crippen LogP contribution in [-0.4, -0.2) is 43.1 Å². The van der Waals surface area contributed by atoms with Gasteiger partial charge in [0.2, 0.25) is 10.0 Å². The van der Waals surface area contributed by atoms with Gasteiger partial charge in [-0.05, 0) is 6.42 Å². The first-order valence-electron chi connectivity index (χ1n) is 3.59. The Balaban J connectivity index is 2.64. The lowest BCUT2D eigenvalue weighted by atomic mass is 10.1. The van der Waals surface area contributed by atoms with E-state index in [2.05, 4.69) is 0 Å². The quantitative estimate of drug-likeness (QED) is 0.632. The third kappa shape index (κ3) is 1.95. The van der Waals surface area contributed by atoms with Crippen molar-refractivity contribution in [2.24, 2.45) is 5.92 Å². The van der Waals surface area contributed by atoms with Gasteiger partial charge in [0.05, 0.1) is 12.2 Å². The van der Waals surface area contributed by atoms with Crippen molar-refractivity contribution in [1.82, 2.24) is 4.31 Å². The minimum absolute atomic E-state index is 0.119. The van der Waals surface area contributed by atoms with Crippen LogP contribution >= 0.6 is 0 Å². The Morgan fingerprint density at radius 1 is 1.58 bits per heavy atom. The first kappa shape index (κ1) is 9.47. The fourth-order valence-electron chi connectivity index (χ4n) is 1.23. The topological polar surface area (TPSA) is 74.7 Å². The molecule has 0 aromatic carbocycles. The van der Waals surface area contributed by atoms with Gasteiger partial charge in [-0.1, -0.05) is 0 Å². The molecule has 0 saturated carbocycles. The van der Waals surface area contributed by atoms with Crippen molar-refractivity contribution in [3.63, 3.8) is 0 Å². The average molecular weight is 193 g/mol. The summed E-state index contributed by atoms with van der Waals surface area (Å²) < 4.78 is 23.1. The Bertz CT molecular complexity index is 284. The standard InChI is InChI=1S/C6H11NO4S/c1-12(10,11)7-3-2-5(4-7)6(8)9/h5H,2-4H2,1H3,(H,8,9). The molecular formula is C6H11NO4S. The summed E-state index contributed by atoms with van der Waals surface area (Å²) in [6.07, 6.45) is 1.51. The maximum atomic E-state index is 10.9. The number of carboxylic acid groups (broad SMARTS) is 1. The molecule has 1 aliphatic rings. The molecule has 0 amide bonds. The van der Waals surface area contributed by atoms with Crippen LogP contribution in [0.1, 0.15) is 6.42 Å². The van der Waals surface area contributed by atoms with Gasteiger partial charge in [-0.15, -0.1) is 0 Å². The van der Waals surface area contributed by atoms with Gasteiger partial charge >= 0.3 is 5.97 Å². The lowest BCUT2D eigenvalue weighted by Gasteiger charge is -2.10. The van der Waals surface area contributed by atoms with Crippen LogP contribution < -0.4 is 0 Å². The van der Waals surface area contributed by atoms with Crippen molar-refractivity contribution in [1.29, 1.82) is 0 Å². The highest BCUT2D eigenvalue weighted by molar-refractivity contribution is 7.88. The highest BCUT2D eigenvalue weighted by atomic mass is 32.2. The second kappa shape index (κ2) is 3.02. The van der Waals surface area contributed by atoms with E-state index in [1.54, 1.807) is 0 Å². The van der Waals surface area contributed by atoms with E-state index < -0.39 is 21.9 Å². The summed E-state index contributed by atoms with van der Waals surface area (Å²) >= 11 is 0. The van der Waals surface area contributed by atoms with Crippen molar-refractivity contribution in [3.05, 3.63) is 0 Å². The number of rotatable bonds is 2. The lowest BCUT2D eigenvalue weighted by molar-refractivity contribution is -0.141. The molecule has 1 atom stereocenters. The van der Waals surface area contributed by atoms with E-state index in [0.29, 0.717) is 13.0 Å². The van der Waals surface area contributed by atoms with Gasteiger partial charge < -0.3 is 5.11 Å². The summed E-state index contributed by atoms with van der Waals surface area (Å²) in [6.45, 7) is 0.448. The molecule has 12 heavy (non-hydrogen) atoms. The second-order valence-electron chi connectivity index (χ2n) is 2.94. The summed E-state index contributed by atoms with van der Waals surface area (Å²) in [5, 5.41) is 8.58. The molecule has 6 heteroatoms. The smallest absolute Gasteiger partial charge is 0.307 e. The second-order valence-corrected chi connectivity index (χ2v) is 4.93. The number of aliphatic carboxylic acids is 1. The Morgan fingerprint density at radius 2 is 2.17 bits per heavy atom. The molecule has 0 spiro atoms. The first-order valence-corrected chi connectivity index (χ1v) is 5.44. The van der Waals surface area contributed by atoms with Crippen LogP contribution in [0.3, 0.4) is 0 Å². The molecule has 70 valence electrons. The zero-order chi connectivity index (χ0) is 9.35. The van der Waals surface area contributed by atoms with Crippen molar-refractivity contribution in [3.8, 4) is 0 Å². The van der Waals surface area contributed by atoms with Gasteiger partial charge in [-0.3, -0.25) is 4.79 Å². The van der Waals surface area contributed by atoms with Crippen LogP contribution in [0.25, 0.3) is 0 Å². The molecule has 1 fully saturated rings. The van der Waals surface area contributed by atoms with E-state index in [1.165, 1.54) is 4.31 Å². The summed E-state index contributed by atoms with van der Waals surface area (Å²) in [4.78, 5) is 10.5. The van der Waals surface area contributed by atoms with Gasteiger partial charge in [0.1, 0.15) is 0 Å². The predicted octanol–water partition coefficient (Wildman–Crippen LogP) is -0.648. The summed E-state index contributed by atoms with van der Waals surface area (Å²) in [6, 6.07) is 0. The molecule has 1 unspecified atom stereocenters. The Morgan fingerprint density at radius 3 is 2.42 bits per heavy atom. The fraction of sp³-hybridized carbons (Fsp3) is 0.833. The van der Waals surface area contributed by atoms with Gasteiger partial charge in [-0.25, -0.2) is 12.7 Å². The van der Waals surface area contributed by atoms with E-state index >= 15 is 0 Å². The molecule has 0 aliphatic carbocycles. The monoisotopic (exact) mass is 193 g/mol. The molecule has 1 saturated heterocycles. The predicted molar refractivity (Wildman–Crippen MR) is 42.2 cm³/mol. The van der Waals surface area contributed by atoms with E-state index in [-0.39, 0.29) is 6.54 Å². The van der Waals surface area contributed by atoms with Gasteiger partial charge in [-0.2, -0.15) is 0 Å². The zero-order valence-electron chi connectivity index (χ0n) is 6.73.